The van der Waals surface area contributed by atoms with Crippen LogP contribution in [0.15, 0.2) is 48.5 Å². The van der Waals surface area contributed by atoms with E-state index in [0.717, 1.165) is 24.3 Å². The molecule has 0 fully saturated rings. The first-order valence-corrected chi connectivity index (χ1v) is 7.46. The Morgan fingerprint density at radius 1 is 0.905 bits per heavy atom. The molecule has 0 unspecified atom stereocenters. The summed E-state index contributed by atoms with van der Waals surface area (Å²) in [5, 5.41) is 0. The predicted octanol–water partition coefficient (Wildman–Crippen LogP) is 3.21. The summed E-state index contributed by atoms with van der Waals surface area (Å²) >= 11 is 0. The summed E-state index contributed by atoms with van der Waals surface area (Å²) in [6.45, 7) is 3.88. The van der Waals surface area contributed by atoms with E-state index < -0.39 is 0 Å². The van der Waals surface area contributed by atoms with E-state index in [1.165, 1.54) is 11.1 Å². The molecule has 0 radical (unpaired) electrons. The highest BCUT2D eigenvalue weighted by molar-refractivity contribution is 5.33. The van der Waals surface area contributed by atoms with Gasteiger partial charge in [-0.15, -0.1) is 0 Å². The van der Waals surface area contributed by atoms with E-state index in [1.54, 1.807) is 0 Å². The summed E-state index contributed by atoms with van der Waals surface area (Å²) in [5.41, 5.74) is 7.99. The molecule has 0 spiro atoms. The Morgan fingerprint density at radius 3 is 2.33 bits per heavy atom. The molecule has 0 bridgehead atoms. The van der Waals surface area contributed by atoms with Gasteiger partial charge < -0.3 is 15.2 Å². The van der Waals surface area contributed by atoms with Crippen LogP contribution < -0.4 is 15.2 Å². The van der Waals surface area contributed by atoms with Gasteiger partial charge in [0.05, 0.1) is 0 Å². The molecule has 2 N–H and O–H groups in total. The lowest BCUT2D eigenvalue weighted by atomic mass is 10.1. The van der Waals surface area contributed by atoms with E-state index in [9.17, 15) is 0 Å². The predicted molar refractivity (Wildman–Crippen MR) is 86.0 cm³/mol. The third-order valence-corrected chi connectivity index (χ3v) is 3.32. The van der Waals surface area contributed by atoms with E-state index in [-0.39, 0.29) is 0 Å². The molecular weight excluding hydrogens is 262 g/mol. The summed E-state index contributed by atoms with van der Waals surface area (Å²) in [6.07, 6.45) is 1.87. The molecule has 0 saturated carbocycles. The highest BCUT2D eigenvalue weighted by atomic mass is 16.5. The first-order valence-electron chi connectivity index (χ1n) is 7.46. The first-order chi connectivity index (χ1) is 10.3. The standard InChI is InChI=1S/C18H23NO2/c1-2-16-5-3-4-6-18(16)21-14-13-20-17-9-7-15(8-10-17)11-12-19/h3-10H,2,11-14,19H2,1H3. The second-order valence-corrected chi connectivity index (χ2v) is 4.84. The number of para-hydroxylation sites is 1. The van der Waals surface area contributed by atoms with Gasteiger partial charge in [0.25, 0.3) is 0 Å². The zero-order valence-electron chi connectivity index (χ0n) is 12.5. The quantitative estimate of drug-likeness (QED) is 0.757. The molecule has 2 aromatic rings. The highest BCUT2D eigenvalue weighted by Gasteiger charge is 2.01. The molecule has 3 heteroatoms. The number of hydrogen-bond donors (Lipinski definition) is 1. The average molecular weight is 285 g/mol. The molecular formula is C18H23NO2. The van der Waals surface area contributed by atoms with Crippen LogP contribution in [0.2, 0.25) is 0 Å². The Labute approximate surface area is 126 Å². The lowest BCUT2D eigenvalue weighted by Crippen LogP contribution is -2.10. The van der Waals surface area contributed by atoms with Gasteiger partial charge >= 0.3 is 0 Å². The molecule has 0 heterocycles. The van der Waals surface area contributed by atoms with E-state index in [4.69, 9.17) is 15.2 Å². The van der Waals surface area contributed by atoms with Crippen LogP contribution in [0.1, 0.15) is 18.1 Å². The van der Waals surface area contributed by atoms with Crippen LogP contribution in [0.5, 0.6) is 11.5 Å². The highest BCUT2D eigenvalue weighted by Crippen LogP contribution is 2.18. The lowest BCUT2D eigenvalue weighted by Gasteiger charge is -2.11. The summed E-state index contributed by atoms with van der Waals surface area (Å²) in [6, 6.07) is 16.2. The van der Waals surface area contributed by atoms with Crippen molar-refractivity contribution in [3.05, 3.63) is 59.7 Å². The zero-order chi connectivity index (χ0) is 14.9. The fraction of sp³-hybridized carbons (Fsp3) is 0.333. The SMILES string of the molecule is CCc1ccccc1OCCOc1ccc(CCN)cc1. The minimum Gasteiger partial charge on any atom is -0.490 e. The smallest absolute Gasteiger partial charge is 0.122 e. The summed E-state index contributed by atoms with van der Waals surface area (Å²) in [4.78, 5) is 0. The maximum Gasteiger partial charge on any atom is 0.122 e. The van der Waals surface area contributed by atoms with Gasteiger partial charge in [-0.25, -0.2) is 0 Å². The van der Waals surface area contributed by atoms with Crippen LogP contribution >= 0.6 is 0 Å². The fourth-order valence-electron chi connectivity index (χ4n) is 2.17. The number of aryl methyl sites for hydroxylation is 1. The van der Waals surface area contributed by atoms with Crippen LogP contribution in [0.4, 0.5) is 0 Å². The third-order valence-electron chi connectivity index (χ3n) is 3.32. The molecule has 112 valence electrons. The molecule has 21 heavy (non-hydrogen) atoms. The molecule has 3 nitrogen and oxygen atoms in total. The molecule has 2 rings (SSSR count). The topological polar surface area (TPSA) is 44.5 Å². The van der Waals surface area contributed by atoms with Gasteiger partial charge in [-0.3, -0.25) is 0 Å². The van der Waals surface area contributed by atoms with Crippen molar-refractivity contribution in [2.24, 2.45) is 5.73 Å². The van der Waals surface area contributed by atoms with Crippen molar-refractivity contribution in [2.45, 2.75) is 19.8 Å². The van der Waals surface area contributed by atoms with Crippen molar-refractivity contribution >= 4 is 0 Å². The van der Waals surface area contributed by atoms with E-state index in [2.05, 4.69) is 25.1 Å². The molecule has 0 aliphatic carbocycles. The average Bonchev–Trinajstić information content (AvgIpc) is 2.54. The molecule has 0 aromatic heterocycles. The monoisotopic (exact) mass is 285 g/mol. The van der Waals surface area contributed by atoms with Crippen LogP contribution in [0.25, 0.3) is 0 Å². The van der Waals surface area contributed by atoms with E-state index >= 15 is 0 Å². The zero-order valence-corrected chi connectivity index (χ0v) is 12.5. The minimum absolute atomic E-state index is 0.536. The molecule has 0 saturated heterocycles. The third kappa shape index (κ3) is 4.80. The largest absolute Gasteiger partial charge is 0.490 e. The number of rotatable bonds is 8. The van der Waals surface area contributed by atoms with Gasteiger partial charge in [0.1, 0.15) is 24.7 Å². The van der Waals surface area contributed by atoms with Crippen molar-refractivity contribution in [2.75, 3.05) is 19.8 Å². The first kappa shape index (κ1) is 15.4. The maximum absolute atomic E-state index is 5.77. The van der Waals surface area contributed by atoms with Crippen molar-refractivity contribution in [1.82, 2.24) is 0 Å². The van der Waals surface area contributed by atoms with E-state index in [0.29, 0.717) is 19.8 Å². The Morgan fingerprint density at radius 2 is 1.62 bits per heavy atom. The molecule has 0 aliphatic heterocycles. The van der Waals surface area contributed by atoms with Gasteiger partial charge in [0, 0.05) is 0 Å². The van der Waals surface area contributed by atoms with Gasteiger partial charge in [-0.2, -0.15) is 0 Å². The molecule has 0 atom stereocenters. The summed E-state index contributed by atoms with van der Waals surface area (Å²) in [5.74, 6) is 1.81. The second kappa shape index (κ2) is 8.32. The Kier molecular flexibility index (Phi) is 6.10. The normalized spacial score (nSPS) is 10.4. The van der Waals surface area contributed by atoms with Gasteiger partial charge in [0.2, 0.25) is 0 Å². The van der Waals surface area contributed by atoms with Gasteiger partial charge in [-0.05, 0) is 48.7 Å². The fourth-order valence-corrected chi connectivity index (χ4v) is 2.17. The Bertz CT molecular complexity index is 537. The molecule has 2 aromatic carbocycles. The van der Waals surface area contributed by atoms with Crippen molar-refractivity contribution in [3.63, 3.8) is 0 Å². The number of nitrogens with two attached hydrogens (primary N) is 1. The van der Waals surface area contributed by atoms with Crippen LogP contribution in [0.3, 0.4) is 0 Å². The van der Waals surface area contributed by atoms with E-state index in [1.807, 2.05) is 30.3 Å². The van der Waals surface area contributed by atoms with Crippen molar-refractivity contribution in [3.8, 4) is 11.5 Å². The van der Waals surface area contributed by atoms with Gasteiger partial charge in [-0.1, -0.05) is 37.3 Å². The van der Waals surface area contributed by atoms with Crippen molar-refractivity contribution < 1.29 is 9.47 Å². The summed E-state index contributed by atoms with van der Waals surface area (Å²) < 4.78 is 11.4. The number of ether oxygens (including phenoxy) is 2. The molecule has 0 amide bonds. The Hall–Kier alpha value is -2.00. The summed E-state index contributed by atoms with van der Waals surface area (Å²) in [7, 11) is 0. The van der Waals surface area contributed by atoms with Crippen LogP contribution in [0, 0.1) is 0 Å². The van der Waals surface area contributed by atoms with Crippen LogP contribution in [-0.4, -0.2) is 19.8 Å². The number of hydrogen-bond acceptors (Lipinski definition) is 3. The molecule has 0 aliphatic rings. The van der Waals surface area contributed by atoms with Gasteiger partial charge in [0.15, 0.2) is 0 Å². The van der Waals surface area contributed by atoms with Crippen molar-refractivity contribution in [1.29, 1.82) is 0 Å². The lowest BCUT2D eigenvalue weighted by molar-refractivity contribution is 0.216. The Balaban J connectivity index is 1.76. The van der Waals surface area contributed by atoms with Crippen LogP contribution in [-0.2, 0) is 12.8 Å². The second-order valence-electron chi connectivity index (χ2n) is 4.84. The minimum atomic E-state index is 0.536. The number of benzene rings is 2. The maximum atomic E-state index is 5.77.